The van der Waals surface area contributed by atoms with Crippen LogP contribution >= 0.6 is 24.0 Å². The van der Waals surface area contributed by atoms with Gasteiger partial charge in [0.25, 0.3) is 0 Å². The minimum absolute atomic E-state index is 0. The lowest BCUT2D eigenvalue weighted by molar-refractivity contribution is -0.132. The Labute approximate surface area is 169 Å². The maximum absolute atomic E-state index is 12.2. The smallest absolute Gasteiger partial charge is 0.389 e. The fraction of sp³-hybridized carbons (Fsp3) is 0.588. The van der Waals surface area contributed by atoms with Gasteiger partial charge in [-0.2, -0.15) is 13.2 Å². The van der Waals surface area contributed by atoms with Crippen molar-refractivity contribution in [1.29, 1.82) is 0 Å². The molecule has 5 nitrogen and oxygen atoms in total. The Kier molecular flexibility index (Phi) is 12.6. The summed E-state index contributed by atoms with van der Waals surface area (Å²) in [5, 5.41) is 15.4. The van der Waals surface area contributed by atoms with Crippen LogP contribution in [0, 0.1) is 0 Å². The number of aliphatic imine (C=N–C) groups is 1. The summed E-state index contributed by atoms with van der Waals surface area (Å²) >= 11 is 0. The third-order valence-corrected chi connectivity index (χ3v) is 3.31. The topological polar surface area (TPSA) is 65.9 Å². The number of alkyl halides is 3. The number of halogens is 4. The maximum atomic E-state index is 12.2. The molecule has 1 rings (SSSR count). The molecule has 0 aliphatic carbocycles. The van der Waals surface area contributed by atoms with Crippen LogP contribution in [0.3, 0.4) is 0 Å². The van der Waals surface area contributed by atoms with Gasteiger partial charge in [-0.25, -0.2) is 0 Å². The molecule has 0 amide bonds. The molecule has 1 aromatic rings. The number of nitrogens with one attached hydrogen (secondary N) is 2. The van der Waals surface area contributed by atoms with E-state index in [1.54, 1.807) is 0 Å². The van der Waals surface area contributed by atoms with Gasteiger partial charge in [0.2, 0.25) is 0 Å². The van der Waals surface area contributed by atoms with Gasteiger partial charge in [0.15, 0.2) is 5.96 Å². The van der Waals surface area contributed by atoms with Crippen LogP contribution in [-0.2, 0) is 4.74 Å². The molecule has 0 heterocycles. The van der Waals surface area contributed by atoms with Crippen LogP contribution in [0.1, 0.15) is 31.9 Å². The first-order valence-corrected chi connectivity index (χ1v) is 8.25. The molecule has 0 bridgehead atoms. The van der Waals surface area contributed by atoms with Crippen molar-refractivity contribution in [2.24, 2.45) is 4.99 Å². The van der Waals surface area contributed by atoms with Crippen molar-refractivity contribution in [2.45, 2.75) is 38.7 Å². The normalized spacial score (nSPS) is 14.3. The predicted octanol–water partition coefficient (Wildman–Crippen LogP) is 3.25. The monoisotopic (exact) mass is 489 g/mol. The van der Waals surface area contributed by atoms with Crippen LogP contribution in [0.5, 0.6) is 0 Å². The van der Waals surface area contributed by atoms with E-state index in [1.807, 2.05) is 44.2 Å². The molecular weight excluding hydrogens is 462 g/mol. The molecule has 3 N–H and O–H groups in total. The zero-order chi connectivity index (χ0) is 18.7. The highest BCUT2D eigenvalue weighted by atomic mass is 127. The summed E-state index contributed by atoms with van der Waals surface area (Å²) in [6.45, 7) is 4.04. The first-order chi connectivity index (χ1) is 11.8. The molecule has 0 saturated heterocycles. The molecule has 0 aromatic heterocycles. The summed E-state index contributed by atoms with van der Waals surface area (Å²) in [7, 11) is 0. The Hall–Kier alpha value is -1.07. The van der Waals surface area contributed by atoms with Gasteiger partial charge in [0, 0.05) is 13.1 Å². The second kappa shape index (κ2) is 13.2. The summed E-state index contributed by atoms with van der Waals surface area (Å²) in [4.78, 5) is 4.08. The molecule has 150 valence electrons. The Morgan fingerprint density at radius 3 is 2.46 bits per heavy atom. The van der Waals surface area contributed by atoms with Gasteiger partial charge >= 0.3 is 6.18 Å². The molecule has 0 fully saturated rings. The maximum Gasteiger partial charge on any atom is 0.390 e. The quantitative estimate of drug-likeness (QED) is 0.283. The Bertz CT molecular complexity index is 516. The lowest BCUT2D eigenvalue weighted by Gasteiger charge is -2.17. The predicted molar refractivity (Wildman–Crippen MR) is 107 cm³/mol. The minimum atomic E-state index is -4.22. The SMILES string of the molecule is CCNC(=NCC(O)COC(C)c1ccccc1)NCCC(F)(F)F.I. The molecule has 0 radical (unpaired) electrons. The minimum Gasteiger partial charge on any atom is -0.389 e. The fourth-order valence-electron chi connectivity index (χ4n) is 1.99. The zero-order valence-electron chi connectivity index (χ0n) is 14.9. The number of guanidine groups is 1. The standard InChI is InChI=1S/C17H26F3N3O2.HI/c1-3-21-16(22-10-9-17(18,19)20)23-11-15(24)12-25-13(2)14-7-5-4-6-8-14;/h4-8,13,15,24H,3,9-12H2,1-2H3,(H2,21,22,23);1H. The van der Waals surface area contributed by atoms with E-state index in [9.17, 15) is 18.3 Å². The molecule has 1 aromatic carbocycles. The highest BCUT2D eigenvalue weighted by molar-refractivity contribution is 14.0. The molecule has 2 unspecified atom stereocenters. The van der Waals surface area contributed by atoms with E-state index in [0.717, 1.165) is 5.56 Å². The van der Waals surface area contributed by atoms with Crippen molar-refractivity contribution in [3.05, 3.63) is 35.9 Å². The average Bonchev–Trinajstić information content (AvgIpc) is 2.57. The van der Waals surface area contributed by atoms with Crippen molar-refractivity contribution < 1.29 is 23.0 Å². The number of ether oxygens (including phenoxy) is 1. The Morgan fingerprint density at radius 2 is 1.88 bits per heavy atom. The van der Waals surface area contributed by atoms with Gasteiger partial charge in [0.05, 0.1) is 31.8 Å². The van der Waals surface area contributed by atoms with E-state index in [1.165, 1.54) is 0 Å². The fourth-order valence-corrected chi connectivity index (χ4v) is 1.99. The summed E-state index contributed by atoms with van der Waals surface area (Å²) in [5.74, 6) is 0.238. The number of aliphatic hydroxyl groups excluding tert-OH is 1. The number of aliphatic hydroxyl groups is 1. The van der Waals surface area contributed by atoms with Gasteiger partial charge in [-0.05, 0) is 19.4 Å². The lowest BCUT2D eigenvalue weighted by Crippen LogP contribution is -2.39. The van der Waals surface area contributed by atoms with E-state index < -0.39 is 18.7 Å². The van der Waals surface area contributed by atoms with Gasteiger partial charge in [-0.1, -0.05) is 30.3 Å². The molecule has 0 saturated carbocycles. The number of benzene rings is 1. The Balaban J connectivity index is 0.00000625. The number of rotatable bonds is 9. The number of hydrogen-bond acceptors (Lipinski definition) is 3. The van der Waals surface area contributed by atoms with Crippen LogP contribution in [0.25, 0.3) is 0 Å². The molecule has 0 aliphatic heterocycles. The van der Waals surface area contributed by atoms with Crippen LogP contribution in [0.4, 0.5) is 13.2 Å². The summed E-state index contributed by atoms with van der Waals surface area (Å²) < 4.78 is 42.1. The lowest BCUT2D eigenvalue weighted by atomic mass is 10.1. The third kappa shape index (κ3) is 11.5. The molecule has 0 aliphatic rings. The van der Waals surface area contributed by atoms with Crippen molar-refractivity contribution in [3.63, 3.8) is 0 Å². The Morgan fingerprint density at radius 1 is 1.23 bits per heavy atom. The van der Waals surface area contributed by atoms with Crippen molar-refractivity contribution in [3.8, 4) is 0 Å². The third-order valence-electron chi connectivity index (χ3n) is 3.31. The highest BCUT2D eigenvalue weighted by Gasteiger charge is 2.26. The van der Waals surface area contributed by atoms with Crippen LogP contribution < -0.4 is 10.6 Å². The van der Waals surface area contributed by atoms with E-state index in [0.29, 0.717) is 6.54 Å². The van der Waals surface area contributed by atoms with Gasteiger partial charge < -0.3 is 20.5 Å². The van der Waals surface area contributed by atoms with Crippen LogP contribution in [-0.4, -0.2) is 49.6 Å². The summed E-state index contributed by atoms with van der Waals surface area (Å²) in [5.41, 5.74) is 1.00. The van der Waals surface area contributed by atoms with Crippen molar-refractivity contribution in [1.82, 2.24) is 10.6 Å². The molecule has 26 heavy (non-hydrogen) atoms. The first-order valence-electron chi connectivity index (χ1n) is 8.25. The number of hydrogen-bond donors (Lipinski definition) is 3. The molecule has 0 spiro atoms. The van der Waals surface area contributed by atoms with Crippen molar-refractivity contribution in [2.75, 3.05) is 26.2 Å². The molecule has 2 atom stereocenters. The second-order valence-electron chi connectivity index (χ2n) is 5.55. The van der Waals surface area contributed by atoms with E-state index in [4.69, 9.17) is 4.74 Å². The zero-order valence-corrected chi connectivity index (χ0v) is 17.3. The summed E-state index contributed by atoms with van der Waals surface area (Å²) in [6, 6.07) is 9.59. The van der Waals surface area contributed by atoms with E-state index in [2.05, 4.69) is 15.6 Å². The van der Waals surface area contributed by atoms with E-state index >= 15 is 0 Å². The van der Waals surface area contributed by atoms with E-state index in [-0.39, 0.29) is 55.7 Å². The van der Waals surface area contributed by atoms with Gasteiger partial charge in [0.1, 0.15) is 0 Å². The highest BCUT2D eigenvalue weighted by Crippen LogP contribution is 2.18. The van der Waals surface area contributed by atoms with Crippen molar-refractivity contribution >= 4 is 29.9 Å². The molecular formula is C17H27F3IN3O2. The second-order valence-corrected chi connectivity index (χ2v) is 5.55. The van der Waals surface area contributed by atoms with Crippen LogP contribution in [0.2, 0.25) is 0 Å². The van der Waals surface area contributed by atoms with Gasteiger partial charge in [-0.15, -0.1) is 24.0 Å². The largest absolute Gasteiger partial charge is 0.390 e. The first kappa shape index (κ1) is 24.9. The summed E-state index contributed by atoms with van der Waals surface area (Å²) in [6.07, 6.45) is -6.18. The number of nitrogens with zero attached hydrogens (tertiary/aromatic N) is 1. The van der Waals surface area contributed by atoms with Gasteiger partial charge in [-0.3, -0.25) is 4.99 Å². The average molecular weight is 489 g/mol. The molecule has 9 heteroatoms. The van der Waals surface area contributed by atoms with Crippen LogP contribution in [0.15, 0.2) is 35.3 Å².